The van der Waals surface area contributed by atoms with Crippen molar-refractivity contribution in [2.45, 2.75) is 13.0 Å². The van der Waals surface area contributed by atoms with Crippen molar-refractivity contribution in [3.05, 3.63) is 66.4 Å². The van der Waals surface area contributed by atoms with Crippen molar-refractivity contribution in [3.8, 4) is 23.0 Å². The summed E-state index contributed by atoms with van der Waals surface area (Å²) in [5, 5.41) is 2.83. The Bertz CT molecular complexity index is 1160. The Hall–Kier alpha value is -3.98. The normalized spacial score (nSPS) is 14.0. The fourth-order valence-corrected chi connectivity index (χ4v) is 4.40. The number of anilines is 2. The van der Waals surface area contributed by atoms with Crippen LogP contribution in [0.15, 0.2) is 60.8 Å². The average molecular weight is 507 g/mol. The van der Waals surface area contributed by atoms with Gasteiger partial charge in [-0.1, -0.05) is 24.3 Å². The molecule has 196 valence electrons. The Morgan fingerprint density at radius 3 is 2.41 bits per heavy atom. The molecule has 3 aromatic rings. The van der Waals surface area contributed by atoms with Crippen molar-refractivity contribution in [1.82, 2.24) is 9.88 Å². The molecule has 37 heavy (non-hydrogen) atoms. The molecule has 1 saturated heterocycles. The molecule has 0 saturated carbocycles. The van der Waals surface area contributed by atoms with Crippen LogP contribution < -0.4 is 29.2 Å². The summed E-state index contributed by atoms with van der Waals surface area (Å²) in [5.41, 5.74) is 1.70. The van der Waals surface area contributed by atoms with E-state index < -0.39 is 0 Å². The largest absolute Gasteiger partial charge is 0.493 e. The van der Waals surface area contributed by atoms with Crippen LogP contribution in [0.3, 0.4) is 0 Å². The number of nitrogens with zero attached hydrogens (tertiary/aromatic N) is 3. The molecule has 1 fully saturated rings. The summed E-state index contributed by atoms with van der Waals surface area (Å²) in [4.78, 5) is 21.5. The first-order valence-corrected chi connectivity index (χ1v) is 12.3. The Morgan fingerprint density at radius 1 is 0.892 bits per heavy atom. The summed E-state index contributed by atoms with van der Waals surface area (Å²) in [6.45, 7) is 4.29. The summed E-state index contributed by atoms with van der Waals surface area (Å²) < 4.78 is 22.1. The van der Waals surface area contributed by atoms with Crippen LogP contribution in [-0.2, 0) is 11.3 Å². The van der Waals surface area contributed by atoms with E-state index in [9.17, 15) is 4.79 Å². The Morgan fingerprint density at radius 2 is 1.70 bits per heavy atom. The average Bonchev–Trinajstić information content (AvgIpc) is 3.18. The second-order valence-electron chi connectivity index (χ2n) is 8.67. The predicted molar refractivity (Wildman–Crippen MR) is 143 cm³/mol. The first kappa shape index (κ1) is 26.1. The highest BCUT2D eigenvalue weighted by atomic mass is 16.5. The molecule has 0 unspecified atom stereocenters. The summed E-state index contributed by atoms with van der Waals surface area (Å²) in [7, 11) is 4.89. The lowest BCUT2D eigenvalue weighted by Crippen LogP contribution is -2.31. The fourth-order valence-electron chi connectivity index (χ4n) is 4.40. The van der Waals surface area contributed by atoms with Crippen LogP contribution in [-0.4, -0.2) is 69.9 Å². The fraction of sp³-hybridized carbons (Fsp3) is 0.357. The second-order valence-corrected chi connectivity index (χ2v) is 8.67. The van der Waals surface area contributed by atoms with Crippen LogP contribution >= 0.6 is 0 Å². The van der Waals surface area contributed by atoms with Crippen molar-refractivity contribution in [3.63, 3.8) is 0 Å². The number of carbonyl (C=O) groups is 1. The van der Waals surface area contributed by atoms with E-state index in [0.29, 0.717) is 28.7 Å². The lowest BCUT2D eigenvalue weighted by atomic mass is 10.1. The lowest BCUT2D eigenvalue weighted by molar-refractivity contribution is -0.118. The van der Waals surface area contributed by atoms with E-state index in [-0.39, 0.29) is 12.5 Å². The molecule has 0 aliphatic carbocycles. The first-order valence-electron chi connectivity index (χ1n) is 12.3. The van der Waals surface area contributed by atoms with Crippen molar-refractivity contribution in [1.29, 1.82) is 0 Å². The number of benzene rings is 2. The third-order valence-electron chi connectivity index (χ3n) is 6.24. The van der Waals surface area contributed by atoms with Crippen molar-refractivity contribution < 1.29 is 23.7 Å². The highest BCUT2D eigenvalue weighted by Gasteiger charge is 2.21. The monoisotopic (exact) mass is 506 g/mol. The molecular weight excluding hydrogens is 472 g/mol. The zero-order valence-corrected chi connectivity index (χ0v) is 21.6. The van der Waals surface area contributed by atoms with Gasteiger partial charge in [0.15, 0.2) is 18.1 Å². The summed E-state index contributed by atoms with van der Waals surface area (Å²) in [5.74, 6) is 3.29. The van der Waals surface area contributed by atoms with Crippen molar-refractivity contribution >= 4 is 17.4 Å². The maximum absolute atomic E-state index is 12.2. The number of hydrogen-bond donors (Lipinski definition) is 1. The summed E-state index contributed by atoms with van der Waals surface area (Å²) in [6.07, 6.45) is 2.69. The summed E-state index contributed by atoms with van der Waals surface area (Å²) >= 11 is 0. The zero-order chi connectivity index (χ0) is 26.0. The van der Waals surface area contributed by atoms with Gasteiger partial charge in [0.05, 0.1) is 33.2 Å². The highest BCUT2D eigenvalue weighted by molar-refractivity contribution is 5.91. The van der Waals surface area contributed by atoms with Gasteiger partial charge in [0.25, 0.3) is 5.91 Å². The van der Waals surface area contributed by atoms with Gasteiger partial charge in [-0.05, 0) is 36.8 Å². The van der Waals surface area contributed by atoms with Gasteiger partial charge in [-0.2, -0.15) is 0 Å². The van der Waals surface area contributed by atoms with Gasteiger partial charge in [0.2, 0.25) is 5.75 Å². The molecule has 1 aromatic heterocycles. The summed E-state index contributed by atoms with van der Waals surface area (Å²) in [6, 6.07) is 17.0. The van der Waals surface area contributed by atoms with Crippen LogP contribution in [0.2, 0.25) is 0 Å². The number of amides is 1. The third kappa shape index (κ3) is 6.83. The third-order valence-corrected chi connectivity index (χ3v) is 6.24. The molecule has 0 radical (unpaired) electrons. The minimum absolute atomic E-state index is 0.0570. The molecule has 0 atom stereocenters. The van der Waals surface area contributed by atoms with E-state index in [1.54, 1.807) is 27.5 Å². The first-order chi connectivity index (χ1) is 18.1. The molecule has 9 nitrogen and oxygen atoms in total. The SMILES string of the molecule is COc1ccc(CN2CCCN(c3ccc(NC(=O)COc4ccccc4)cn3)CC2)c(OC)c1OC. The van der Waals surface area contributed by atoms with Crippen LogP contribution in [0.5, 0.6) is 23.0 Å². The van der Waals surface area contributed by atoms with Gasteiger partial charge in [-0.25, -0.2) is 4.98 Å². The van der Waals surface area contributed by atoms with Crippen molar-refractivity contribution in [2.24, 2.45) is 0 Å². The van der Waals surface area contributed by atoms with Gasteiger partial charge >= 0.3 is 0 Å². The quantitative estimate of drug-likeness (QED) is 0.444. The minimum Gasteiger partial charge on any atom is -0.493 e. The molecule has 4 rings (SSSR count). The zero-order valence-electron chi connectivity index (χ0n) is 21.6. The van der Waals surface area contributed by atoms with Gasteiger partial charge in [-0.3, -0.25) is 9.69 Å². The highest BCUT2D eigenvalue weighted by Crippen LogP contribution is 2.40. The molecule has 1 amide bonds. The van der Waals surface area contributed by atoms with E-state index in [4.69, 9.17) is 18.9 Å². The number of methoxy groups -OCH3 is 3. The predicted octanol–water partition coefficient (Wildman–Crippen LogP) is 3.84. The maximum Gasteiger partial charge on any atom is 0.262 e. The Labute approximate surface area is 217 Å². The standard InChI is InChI=1S/C28H34N4O5/c1-34-24-12-10-21(27(35-2)28(24)36-3)19-31-14-7-15-32(17-16-31)25-13-11-22(18-29-25)30-26(33)20-37-23-8-5-4-6-9-23/h4-6,8-13,18H,7,14-17,19-20H2,1-3H3,(H,30,33). The van der Waals surface area contributed by atoms with Gasteiger partial charge in [0.1, 0.15) is 11.6 Å². The van der Waals surface area contributed by atoms with E-state index in [1.807, 2.05) is 54.6 Å². The number of para-hydroxylation sites is 1. The Balaban J connectivity index is 1.31. The van der Waals surface area contributed by atoms with Crippen LogP contribution in [0.1, 0.15) is 12.0 Å². The Kier molecular flexibility index (Phi) is 9.04. The van der Waals surface area contributed by atoms with Crippen LogP contribution in [0.4, 0.5) is 11.5 Å². The molecule has 0 bridgehead atoms. The van der Waals surface area contributed by atoms with E-state index >= 15 is 0 Å². The molecule has 9 heteroatoms. The molecule has 2 aromatic carbocycles. The van der Waals surface area contributed by atoms with E-state index in [1.165, 1.54) is 0 Å². The molecule has 1 N–H and O–H groups in total. The maximum atomic E-state index is 12.2. The second kappa shape index (κ2) is 12.8. The number of carbonyl (C=O) groups excluding carboxylic acids is 1. The number of rotatable bonds is 10. The van der Waals surface area contributed by atoms with Crippen LogP contribution in [0.25, 0.3) is 0 Å². The smallest absolute Gasteiger partial charge is 0.262 e. The molecule has 0 spiro atoms. The van der Waals surface area contributed by atoms with Gasteiger partial charge in [-0.15, -0.1) is 0 Å². The number of ether oxygens (including phenoxy) is 4. The molecular formula is C28H34N4O5. The van der Waals surface area contributed by atoms with E-state index in [0.717, 1.165) is 50.5 Å². The number of hydrogen-bond acceptors (Lipinski definition) is 8. The van der Waals surface area contributed by atoms with Crippen molar-refractivity contribution in [2.75, 3.05) is 64.3 Å². The topological polar surface area (TPSA) is 85.4 Å². The van der Waals surface area contributed by atoms with E-state index in [2.05, 4.69) is 20.1 Å². The minimum atomic E-state index is -0.227. The lowest BCUT2D eigenvalue weighted by Gasteiger charge is -2.24. The van der Waals surface area contributed by atoms with Gasteiger partial charge < -0.3 is 29.2 Å². The molecule has 1 aliphatic heterocycles. The van der Waals surface area contributed by atoms with Crippen LogP contribution in [0, 0.1) is 0 Å². The molecule has 1 aliphatic rings. The number of aromatic nitrogens is 1. The molecule has 2 heterocycles. The number of pyridine rings is 1. The number of nitrogens with one attached hydrogen (secondary N) is 1. The van der Waals surface area contributed by atoms with Gasteiger partial charge in [0, 0.05) is 38.3 Å².